The van der Waals surface area contributed by atoms with E-state index in [0.717, 1.165) is 0 Å². The zero-order valence-corrected chi connectivity index (χ0v) is 11.8. The first-order valence-electron chi connectivity index (χ1n) is 5.01. The van der Waals surface area contributed by atoms with Gasteiger partial charge in [0.1, 0.15) is 6.61 Å². The van der Waals surface area contributed by atoms with Gasteiger partial charge in [-0.3, -0.25) is 4.57 Å². The lowest BCUT2D eigenvalue weighted by molar-refractivity contribution is 0.169. The predicted octanol–water partition coefficient (Wildman–Crippen LogP) is 1.40. The largest absolute Gasteiger partial charge is 0.377 e. The highest BCUT2D eigenvalue weighted by Crippen LogP contribution is 2.22. The maximum atomic E-state index is 11.4. The third-order valence-corrected chi connectivity index (χ3v) is 3.07. The highest BCUT2D eigenvalue weighted by molar-refractivity contribution is 8.13. The zero-order valence-electron chi connectivity index (χ0n) is 10.3. The van der Waals surface area contributed by atoms with Crippen molar-refractivity contribution in [3.8, 4) is 0 Å². The van der Waals surface area contributed by atoms with E-state index in [1.165, 1.54) is 11.7 Å². The normalized spacial score (nSPS) is 13.0. The molecule has 0 aliphatic heterocycles. The van der Waals surface area contributed by atoms with Gasteiger partial charge in [-0.1, -0.05) is 20.8 Å². The Kier molecular flexibility index (Phi) is 4.16. The molecule has 1 aromatic heterocycles. The molecule has 6 nitrogen and oxygen atoms in total. The number of rotatable bonds is 4. The summed E-state index contributed by atoms with van der Waals surface area (Å²) in [5.74, 6) is 0.446. The van der Waals surface area contributed by atoms with Crippen molar-refractivity contribution in [3.05, 3.63) is 5.82 Å². The molecule has 0 bridgehead atoms. The topological polar surface area (TPSA) is 74.1 Å². The molecule has 0 saturated carbocycles. The Hall–Kier alpha value is -0.660. The number of ether oxygens (including phenoxy) is 1. The van der Waals surface area contributed by atoms with E-state index in [1.54, 1.807) is 0 Å². The van der Waals surface area contributed by atoms with Crippen molar-refractivity contribution >= 4 is 19.7 Å². The Labute approximate surface area is 105 Å². The van der Waals surface area contributed by atoms with Crippen LogP contribution in [0.3, 0.4) is 0 Å². The van der Waals surface area contributed by atoms with E-state index >= 15 is 0 Å². The molecule has 0 radical (unpaired) electrons. The molecular formula is C9H16ClN3O3S. The predicted molar refractivity (Wildman–Crippen MR) is 63.2 cm³/mol. The molecule has 0 unspecified atom stereocenters. The molecule has 0 fully saturated rings. The number of hydrogen-bond acceptors (Lipinski definition) is 5. The van der Waals surface area contributed by atoms with E-state index in [-0.39, 0.29) is 17.2 Å². The van der Waals surface area contributed by atoms with Crippen molar-refractivity contribution in [2.24, 2.45) is 5.41 Å². The lowest BCUT2D eigenvalue weighted by atomic mass is 9.97. The SMILES string of the molecule is COCc1nnc(S(=O)(=O)Cl)n1CC(C)(C)C. The lowest BCUT2D eigenvalue weighted by Crippen LogP contribution is -2.20. The van der Waals surface area contributed by atoms with Gasteiger partial charge in [0.15, 0.2) is 5.82 Å². The standard InChI is InChI=1S/C9H16ClN3O3S/c1-9(2,3)6-13-7(5-16-4)11-12-8(13)17(10,14)15/h5-6H2,1-4H3. The first kappa shape index (κ1) is 14.4. The molecular weight excluding hydrogens is 266 g/mol. The lowest BCUT2D eigenvalue weighted by Gasteiger charge is -2.20. The number of methoxy groups -OCH3 is 1. The van der Waals surface area contributed by atoms with Gasteiger partial charge in [-0.05, 0) is 5.41 Å². The number of hydrogen-bond donors (Lipinski definition) is 0. The fourth-order valence-electron chi connectivity index (χ4n) is 1.37. The number of halogens is 1. The quantitative estimate of drug-likeness (QED) is 0.780. The van der Waals surface area contributed by atoms with Crippen LogP contribution in [0.25, 0.3) is 0 Å². The maximum absolute atomic E-state index is 11.4. The van der Waals surface area contributed by atoms with Crippen LogP contribution in [0.15, 0.2) is 5.16 Å². The minimum Gasteiger partial charge on any atom is -0.377 e. The van der Waals surface area contributed by atoms with Gasteiger partial charge in [0.05, 0.1) is 0 Å². The van der Waals surface area contributed by atoms with Crippen molar-refractivity contribution in [1.29, 1.82) is 0 Å². The molecule has 1 aromatic rings. The van der Waals surface area contributed by atoms with Crippen LogP contribution in [-0.4, -0.2) is 30.3 Å². The Morgan fingerprint density at radius 3 is 2.35 bits per heavy atom. The van der Waals surface area contributed by atoms with Crippen molar-refractivity contribution < 1.29 is 13.2 Å². The summed E-state index contributed by atoms with van der Waals surface area (Å²) in [6, 6.07) is 0. The van der Waals surface area contributed by atoms with Gasteiger partial charge < -0.3 is 4.74 Å². The molecule has 0 spiro atoms. The molecule has 0 N–H and O–H groups in total. The molecule has 0 aliphatic carbocycles. The van der Waals surface area contributed by atoms with Crippen LogP contribution < -0.4 is 0 Å². The van der Waals surface area contributed by atoms with E-state index < -0.39 is 9.05 Å². The van der Waals surface area contributed by atoms with E-state index in [4.69, 9.17) is 15.4 Å². The summed E-state index contributed by atoms with van der Waals surface area (Å²) in [6.45, 7) is 6.58. The van der Waals surface area contributed by atoms with E-state index in [2.05, 4.69) is 10.2 Å². The van der Waals surface area contributed by atoms with Crippen LogP contribution in [0.5, 0.6) is 0 Å². The summed E-state index contributed by atoms with van der Waals surface area (Å²) in [5, 5.41) is 7.15. The van der Waals surface area contributed by atoms with E-state index in [0.29, 0.717) is 12.4 Å². The highest BCUT2D eigenvalue weighted by atomic mass is 35.7. The van der Waals surface area contributed by atoms with Crippen LogP contribution >= 0.6 is 10.7 Å². The Bertz CT molecular complexity index is 490. The molecule has 0 atom stereocenters. The van der Waals surface area contributed by atoms with Crippen molar-refractivity contribution in [2.75, 3.05) is 7.11 Å². The van der Waals surface area contributed by atoms with Crippen molar-refractivity contribution in [1.82, 2.24) is 14.8 Å². The van der Waals surface area contributed by atoms with Crippen LogP contribution in [0.4, 0.5) is 0 Å². The van der Waals surface area contributed by atoms with Gasteiger partial charge in [0.2, 0.25) is 0 Å². The molecule has 0 aliphatic rings. The van der Waals surface area contributed by atoms with Crippen LogP contribution in [-0.2, 0) is 26.9 Å². The van der Waals surface area contributed by atoms with E-state index in [1.807, 2.05) is 20.8 Å². The Balaban J connectivity index is 3.25. The number of aromatic nitrogens is 3. The molecule has 1 rings (SSSR count). The summed E-state index contributed by atoms with van der Waals surface area (Å²) < 4.78 is 29.1. The summed E-state index contributed by atoms with van der Waals surface area (Å²) in [7, 11) is 2.92. The molecule has 1 heterocycles. The van der Waals surface area contributed by atoms with Gasteiger partial charge in [-0.25, -0.2) is 8.42 Å². The first-order chi connectivity index (χ1) is 7.65. The highest BCUT2D eigenvalue weighted by Gasteiger charge is 2.25. The molecule has 0 saturated heterocycles. The Morgan fingerprint density at radius 1 is 1.35 bits per heavy atom. The third-order valence-electron chi connectivity index (χ3n) is 1.92. The monoisotopic (exact) mass is 281 g/mol. The van der Waals surface area contributed by atoms with Crippen LogP contribution in [0.2, 0.25) is 0 Å². The zero-order chi connectivity index (χ0) is 13.3. The van der Waals surface area contributed by atoms with Crippen LogP contribution in [0.1, 0.15) is 26.6 Å². The second-order valence-corrected chi connectivity index (χ2v) is 7.38. The average Bonchev–Trinajstić information content (AvgIpc) is 2.45. The van der Waals surface area contributed by atoms with Gasteiger partial charge in [-0.15, -0.1) is 10.2 Å². The Morgan fingerprint density at radius 2 is 1.94 bits per heavy atom. The second-order valence-electron chi connectivity index (χ2n) is 4.92. The maximum Gasteiger partial charge on any atom is 0.296 e. The molecule has 8 heteroatoms. The molecule has 0 amide bonds. The van der Waals surface area contributed by atoms with Crippen molar-refractivity contribution in [3.63, 3.8) is 0 Å². The molecule has 17 heavy (non-hydrogen) atoms. The second kappa shape index (κ2) is 4.91. The smallest absolute Gasteiger partial charge is 0.296 e. The summed E-state index contributed by atoms with van der Waals surface area (Å²) in [4.78, 5) is 0. The van der Waals surface area contributed by atoms with Gasteiger partial charge in [0, 0.05) is 24.3 Å². The first-order valence-corrected chi connectivity index (χ1v) is 7.32. The minimum absolute atomic E-state index is 0.124. The number of nitrogens with zero attached hydrogens (tertiary/aromatic N) is 3. The van der Waals surface area contributed by atoms with Crippen molar-refractivity contribution in [2.45, 2.75) is 39.1 Å². The summed E-state index contributed by atoms with van der Waals surface area (Å²) >= 11 is 0. The summed E-state index contributed by atoms with van der Waals surface area (Å²) in [5.41, 5.74) is -0.124. The van der Waals surface area contributed by atoms with Gasteiger partial charge in [-0.2, -0.15) is 0 Å². The fourth-order valence-corrected chi connectivity index (χ4v) is 2.28. The van der Waals surface area contributed by atoms with Gasteiger partial charge >= 0.3 is 0 Å². The van der Waals surface area contributed by atoms with E-state index in [9.17, 15) is 8.42 Å². The molecule has 0 aromatic carbocycles. The van der Waals surface area contributed by atoms with Gasteiger partial charge in [0.25, 0.3) is 14.2 Å². The van der Waals surface area contributed by atoms with Crippen LogP contribution in [0, 0.1) is 5.41 Å². The molecule has 98 valence electrons. The third kappa shape index (κ3) is 3.93. The summed E-state index contributed by atoms with van der Waals surface area (Å²) in [6.07, 6.45) is 0. The fraction of sp³-hybridized carbons (Fsp3) is 0.778. The minimum atomic E-state index is -3.90. The average molecular weight is 282 g/mol.